The van der Waals surface area contributed by atoms with Crippen molar-refractivity contribution in [1.82, 2.24) is 15.6 Å². The lowest BCUT2D eigenvalue weighted by Crippen LogP contribution is -2.14. The van der Waals surface area contributed by atoms with E-state index in [4.69, 9.17) is 16.0 Å². The maximum atomic E-state index is 12.4. The lowest BCUT2D eigenvalue weighted by molar-refractivity contribution is 0.497. The normalized spacial score (nSPS) is 16.6. The summed E-state index contributed by atoms with van der Waals surface area (Å²) in [4.78, 5) is 0. The summed E-state index contributed by atoms with van der Waals surface area (Å²) < 4.78 is 30.5. The SMILES string of the molecule is O=S(=O)(Cc1ccccc1)Cc1nnc(C2=NNCC2c2ccc(Cl)cc2)o1. The average molecular weight is 417 g/mol. The number of hydrogen-bond acceptors (Lipinski definition) is 7. The molecule has 0 saturated carbocycles. The lowest BCUT2D eigenvalue weighted by Gasteiger charge is -2.09. The van der Waals surface area contributed by atoms with Gasteiger partial charge in [0.25, 0.3) is 5.89 Å². The molecular weight excluding hydrogens is 400 g/mol. The van der Waals surface area contributed by atoms with Crippen molar-refractivity contribution in [2.24, 2.45) is 5.10 Å². The Balaban J connectivity index is 1.50. The fourth-order valence-electron chi connectivity index (χ4n) is 3.05. The maximum absolute atomic E-state index is 12.4. The predicted octanol–water partition coefficient (Wildman–Crippen LogP) is 2.93. The first-order valence-electron chi connectivity index (χ1n) is 8.63. The summed E-state index contributed by atoms with van der Waals surface area (Å²) in [6.07, 6.45) is 0. The molecule has 1 atom stereocenters. The van der Waals surface area contributed by atoms with Gasteiger partial charge in [-0.15, -0.1) is 10.2 Å². The Kier molecular flexibility index (Phi) is 5.15. The van der Waals surface area contributed by atoms with Gasteiger partial charge in [-0.1, -0.05) is 54.1 Å². The smallest absolute Gasteiger partial charge is 0.264 e. The minimum absolute atomic E-state index is 0.0513. The highest BCUT2D eigenvalue weighted by Gasteiger charge is 2.29. The molecule has 0 spiro atoms. The van der Waals surface area contributed by atoms with Crippen LogP contribution in [0.3, 0.4) is 0 Å². The molecule has 28 heavy (non-hydrogen) atoms. The molecule has 0 saturated heterocycles. The van der Waals surface area contributed by atoms with Gasteiger partial charge in [0.15, 0.2) is 9.84 Å². The van der Waals surface area contributed by atoms with Gasteiger partial charge in [0.05, 0.1) is 11.7 Å². The molecule has 1 aliphatic rings. The molecule has 4 rings (SSSR count). The van der Waals surface area contributed by atoms with Crippen molar-refractivity contribution in [2.45, 2.75) is 17.4 Å². The Morgan fingerprint density at radius 3 is 2.54 bits per heavy atom. The Morgan fingerprint density at radius 1 is 1.04 bits per heavy atom. The highest BCUT2D eigenvalue weighted by Crippen LogP contribution is 2.25. The largest absolute Gasteiger partial charge is 0.418 e. The average Bonchev–Trinajstić information content (AvgIpc) is 3.31. The van der Waals surface area contributed by atoms with Crippen LogP contribution < -0.4 is 5.43 Å². The van der Waals surface area contributed by atoms with E-state index in [1.807, 2.05) is 30.3 Å². The molecule has 1 N–H and O–H groups in total. The van der Waals surface area contributed by atoms with Crippen LogP contribution in [0.15, 0.2) is 64.1 Å². The quantitative estimate of drug-likeness (QED) is 0.663. The first kappa shape index (κ1) is 18.6. The minimum Gasteiger partial charge on any atom is -0.418 e. The Hall–Kier alpha value is -2.71. The van der Waals surface area contributed by atoms with Gasteiger partial charge >= 0.3 is 0 Å². The zero-order chi connectivity index (χ0) is 19.6. The number of benzene rings is 2. The molecule has 2 heterocycles. The van der Waals surface area contributed by atoms with E-state index in [9.17, 15) is 8.42 Å². The molecule has 2 aromatic carbocycles. The van der Waals surface area contributed by atoms with Crippen molar-refractivity contribution in [3.63, 3.8) is 0 Å². The maximum Gasteiger partial charge on any atom is 0.264 e. The number of hydrogen-bond donors (Lipinski definition) is 1. The Labute approximate surface area is 167 Å². The molecule has 7 nitrogen and oxygen atoms in total. The van der Waals surface area contributed by atoms with Gasteiger partial charge in [-0.25, -0.2) is 8.42 Å². The molecule has 3 aromatic rings. The van der Waals surface area contributed by atoms with Gasteiger partial charge in [0, 0.05) is 11.6 Å². The van der Waals surface area contributed by atoms with Crippen molar-refractivity contribution < 1.29 is 12.8 Å². The monoisotopic (exact) mass is 416 g/mol. The summed E-state index contributed by atoms with van der Waals surface area (Å²) in [5.74, 6) is -0.209. The number of halogens is 1. The summed E-state index contributed by atoms with van der Waals surface area (Å²) in [7, 11) is -3.43. The Morgan fingerprint density at radius 2 is 1.79 bits per heavy atom. The van der Waals surface area contributed by atoms with Crippen LogP contribution in [-0.2, 0) is 21.3 Å². The van der Waals surface area contributed by atoms with Gasteiger partial charge in [-0.3, -0.25) is 0 Å². The Bertz CT molecular complexity index is 1100. The van der Waals surface area contributed by atoms with Crippen LogP contribution in [0.5, 0.6) is 0 Å². The zero-order valence-electron chi connectivity index (χ0n) is 14.7. The van der Waals surface area contributed by atoms with E-state index in [1.165, 1.54) is 0 Å². The van der Waals surface area contributed by atoms with Gasteiger partial charge in [0.1, 0.15) is 11.5 Å². The van der Waals surface area contributed by atoms with E-state index in [2.05, 4.69) is 20.7 Å². The van der Waals surface area contributed by atoms with Crippen LogP contribution in [0, 0.1) is 0 Å². The molecule has 0 radical (unpaired) electrons. The van der Waals surface area contributed by atoms with E-state index in [1.54, 1.807) is 24.3 Å². The van der Waals surface area contributed by atoms with E-state index in [0.717, 1.165) is 11.1 Å². The molecular formula is C19H17ClN4O3S. The van der Waals surface area contributed by atoms with Crippen LogP contribution in [-0.4, -0.2) is 30.9 Å². The number of nitrogens with zero attached hydrogens (tertiary/aromatic N) is 3. The second-order valence-corrected chi connectivity index (χ2v) is 8.98. The first-order chi connectivity index (χ1) is 13.5. The third-order valence-electron chi connectivity index (χ3n) is 4.36. The van der Waals surface area contributed by atoms with Crippen molar-refractivity contribution in [3.05, 3.63) is 82.5 Å². The predicted molar refractivity (Wildman–Crippen MR) is 106 cm³/mol. The van der Waals surface area contributed by atoms with Crippen LogP contribution >= 0.6 is 11.6 Å². The molecule has 0 aliphatic carbocycles. The number of sulfone groups is 1. The summed E-state index contributed by atoms with van der Waals surface area (Å²) >= 11 is 5.95. The summed E-state index contributed by atoms with van der Waals surface area (Å²) in [5, 5.41) is 12.8. The minimum atomic E-state index is -3.43. The molecule has 0 bridgehead atoms. The van der Waals surface area contributed by atoms with Gasteiger partial charge in [-0.2, -0.15) is 5.10 Å². The molecule has 1 aromatic heterocycles. The van der Waals surface area contributed by atoms with Crippen LogP contribution in [0.2, 0.25) is 5.02 Å². The third kappa shape index (κ3) is 4.23. The second-order valence-electron chi connectivity index (χ2n) is 6.48. The van der Waals surface area contributed by atoms with E-state index in [0.29, 0.717) is 17.3 Å². The molecule has 1 unspecified atom stereocenters. The first-order valence-corrected chi connectivity index (χ1v) is 10.8. The number of rotatable bonds is 6. The van der Waals surface area contributed by atoms with Crippen molar-refractivity contribution in [1.29, 1.82) is 0 Å². The topological polar surface area (TPSA) is 97.5 Å². The van der Waals surface area contributed by atoms with Crippen molar-refractivity contribution in [3.8, 4) is 0 Å². The van der Waals surface area contributed by atoms with Crippen LogP contribution in [0.1, 0.15) is 28.8 Å². The lowest BCUT2D eigenvalue weighted by atomic mass is 9.95. The molecule has 144 valence electrons. The highest BCUT2D eigenvalue weighted by atomic mass is 35.5. The zero-order valence-corrected chi connectivity index (χ0v) is 16.3. The summed E-state index contributed by atoms with van der Waals surface area (Å²) in [5.41, 5.74) is 5.24. The molecule has 0 fully saturated rings. The van der Waals surface area contributed by atoms with Crippen molar-refractivity contribution >= 4 is 27.1 Å². The summed E-state index contributed by atoms with van der Waals surface area (Å²) in [6, 6.07) is 16.4. The third-order valence-corrected chi connectivity index (χ3v) is 6.07. The van der Waals surface area contributed by atoms with Gasteiger partial charge < -0.3 is 9.84 Å². The molecule has 0 amide bonds. The van der Waals surface area contributed by atoms with Crippen LogP contribution in [0.4, 0.5) is 0 Å². The standard InChI is InChI=1S/C19H17ClN4O3S/c20-15-8-6-14(7-9-15)16-10-21-23-18(16)19-24-22-17(27-19)12-28(25,26)11-13-4-2-1-3-5-13/h1-9,16,21H,10-12H2. The highest BCUT2D eigenvalue weighted by molar-refractivity contribution is 7.89. The molecule has 9 heteroatoms. The number of aromatic nitrogens is 2. The van der Waals surface area contributed by atoms with Crippen LogP contribution in [0.25, 0.3) is 0 Å². The van der Waals surface area contributed by atoms with E-state index < -0.39 is 9.84 Å². The fourth-order valence-corrected chi connectivity index (χ4v) is 4.47. The van der Waals surface area contributed by atoms with E-state index in [-0.39, 0.29) is 29.2 Å². The summed E-state index contributed by atoms with van der Waals surface area (Å²) in [6.45, 7) is 0.584. The fraction of sp³-hybridized carbons (Fsp3) is 0.211. The van der Waals surface area contributed by atoms with Gasteiger partial charge in [0.2, 0.25) is 5.89 Å². The number of hydrazone groups is 1. The molecule has 1 aliphatic heterocycles. The van der Waals surface area contributed by atoms with Gasteiger partial charge in [-0.05, 0) is 23.3 Å². The number of nitrogens with one attached hydrogen (secondary N) is 1. The van der Waals surface area contributed by atoms with Crippen molar-refractivity contribution in [2.75, 3.05) is 6.54 Å². The second kappa shape index (κ2) is 7.73. The van der Waals surface area contributed by atoms with E-state index >= 15 is 0 Å².